The molecule has 2 heteroatoms. The second kappa shape index (κ2) is 22.4. The molecule has 0 amide bonds. The second-order valence-corrected chi connectivity index (χ2v) is 8.93. The van der Waals surface area contributed by atoms with E-state index >= 15 is 0 Å². The fourth-order valence-electron chi connectivity index (χ4n) is 3.40. The van der Waals surface area contributed by atoms with Crippen molar-refractivity contribution in [3.05, 3.63) is 0 Å². The quantitative estimate of drug-likeness (QED) is 0.147. The summed E-state index contributed by atoms with van der Waals surface area (Å²) >= 11 is 2.10. The molecule has 0 bridgehead atoms. The monoisotopic (exact) mass is 371 g/mol. The highest BCUT2D eigenvalue weighted by atomic mass is 32.2. The molecule has 0 aromatic rings. The van der Waals surface area contributed by atoms with Gasteiger partial charge in [-0.2, -0.15) is 0 Å². The lowest BCUT2D eigenvalue weighted by molar-refractivity contribution is 0.302. The zero-order valence-electron chi connectivity index (χ0n) is 18.0. The van der Waals surface area contributed by atoms with E-state index in [1.54, 1.807) is 0 Å². The van der Waals surface area contributed by atoms with Gasteiger partial charge in [0.05, 0.1) is 0 Å². The van der Waals surface area contributed by atoms with Crippen LogP contribution in [0.2, 0.25) is 0 Å². The first kappa shape index (κ1) is 25.3. The van der Waals surface area contributed by atoms with Crippen LogP contribution in [0.15, 0.2) is 0 Å². The summed E-state index contributed by atoms with van der Waals surface area (Å²) < 4.78 is 0. The van der Waals surface area contributed by atoms with E-state index in [4.69, 9.17) is 0 Å². The molecule has 152 valence electrons. The van der Waals surface area contributed by atoms with Crippen molar-refractivity contribution in [3.63, 3.8) is 0 Å². The molecule has 0 spiro atoms. The van der Waals surface area contributed by atoms with Crippen molar-refractivity contribution in [1.82, 2.24) is 4.90 Å². The van der Waals surface area contributed by atoms with Crippen LogP contribution in [0.3, 0.4) is 0 Å². The fraction of sp³-hybridized carbons (Fsp3) is 1.00. The van der Waals surface area contributed by atoms with Gasteiger partial charge in [0.15, 0.2) is 0 Å². The molecule has 0 aliphatic carbocycles. The maximum atomic E-state index is 2.72. The predicted octanol–water partition coefficient (Wildman–Crippen LogP) is 8.28. The van der Waals surface area contributed by atoms with E-state index < -0.39 is 0 Å². The molecule has 0 aromatic heterocycles. The summed E-state index contributed by atoms with van der Waals surface area (Å²) in [4.78, 5) is 2.72. The van der Waals surface area contributed by atoms with E-state index in [1.807, 2.05) is 0 Å². The van der Waals surface area contributed by atoms with Crippen LogP contribution in [0.4, 0.5) is 0 Å². The molecule has 0 N–H and O–H groups in total. The molecular weight excluding hydrogens is 322 g/mol. The number of nitrogens with zero attached hydrogens (tertiary/aromatic N) is 1. The highest BCUT2D eigenvalue weighted by Crippen LogP contribution is 2.13. The van der Waals surface area contributed by atoms with Crippen LogP contribution >= 0.6 is 11.8 Å². The van der Waals surface area contributed by atoms with Crippen molar-refractivity contribution in [2.45, 2.75) is 124 Å². The summed E-state index contributed by atoms with van der Waals surface area (Å²) in [5.41, 5.74) is 0. The molecule has 0 atom stereocenters. The lowest BCUT2D eigenvalue weighted by Gasteiger charge is -2.21. The maximum Gasteiger partial charge on any atom is 0.0444 e. The Hall–Kier alpha value is 0.310. The smallest absolute Gasteiger partial charge is 0.0444 e. The predicted molar refractivity (Wildman–Crippen MR) is 120 cm³/mol. The van der Waals surface area contributed by atoms with Crippen molar-refractivity contribution < 1.29 is 0 Å². The minimum Gasteiger partial charge on any atom is -0.294 e. The van der Waals surface area contributed by atoms with Gasteiger partial charge in [-0.15, -0.1) is 11.8 Å². The molecule has 0 rings (SSSR count). The van der Waals surface area contributed by atoms with E-state index in [-0.39, 0.29) is 0 Å². The molecule has 0 aliphatic rings. The number of unbranched alkanes of at least 4 members (excludes halogenated alkanes) is 14. The highest BCUT2D eigenvalue weighted by molar-refractivity contribution is 7.99. The van der Waals surface area contributed by atoms with Crippen molar-refractivity contribution in [2.24, 2.45) is 0 Å². The lowest BCUT2D eigenvalue weighted by Crippen LogP contribution is -2.26. The molecule has 0 fully saturated rings. The van der Waals surface area contributed by atoms with Crippen molar-refractivity contribution >= 4 is 11.8 Å². The highest BCUT2D eigenvalue weighted by Gasteiger charge is 2.04. The van der Waals surface area contributed by atoms with Crippen LogP contribution in [-0.2, 0) is 0 Å². The van der Waals surface area contributed by atoms with Crippen LogP contribution in [0.5, 0.6) is 0 Å². The van der Waals surface area contributed by atoms with Crippen molar-refractivity contribution in [3.8, 4) is 0 Å². The van der Waals surface area contributed by atoms with Gasteiger partial charge in [-0.05, 0) is 31.7 Å². The van der Waals surface area contributed by atoms with Gasteiger partial charge in [-0.1, -0.05) is 111 Å². The van der Waals surface area contributed by atoms with Gasteiger partial charge < -0.3 is 0 Å². The number of hydrogen-bond donors (Lipinski definition) is 0. The summed E-state index contributed by atoms with van der Waals surface area (Å²) in [5.74, 6) is 2.51. The van der Waals surface area contributed by atoms with Gasteiger partial charge in [-0.3, -0.25) is 4.90 Å². The Bertz CT molecular complexity index is 212. The summed E-state index contributed by atoms with van der Waals surface area (Å²) in [6.45, 7) is 9.55. The standard InChI is InChI=1S/C23H49NS/c1-4-7-9-11-13-15-17-19-21-24(23-25-6-3)22-20-18-16-14-12-10-8-5-2/h4-23H2,1-3H3. The van der Waals surface area contributed by atoms with Crippen LogP contribution in [-0.4, -0.2) is 29.6 Å². The molecule has 0 saturated heterocycles. The largest absolute Gasteiger partial charge is 0.294 e. The Morgan fingerprint density at radius 3 is 1.20 bits per heavy atom. The van der Waals surface area contributed by atoms with Gasteiger partial charge in [0.25, 0.3) is 0 Å². The van der Waals surface area contributed by atoms with E-state index in [0.29, 0.717) is 0 Å². The first-order chi connectivity index (χ1) is 12.3. The summed E-state index contributed by atoms with van der Waals surface area (Å²) in [7, 11) is 0. The minimum absolute atomic E-state index is 1.25. The Morgan fingerprint density at radius 1 is 0.480 bits per heavy atom. The topological polar surface area (TPSA) is 3.24 Å². The lowest BCUT2D eigenvalue weighted by atomic mass is 10.1. The maximum absolute atomic E-state index is 2.72. The summed E-state index contributed by atoms with van der Waals surface area (Å²) in [5, 5.41) is 0. The Morgan fingerprint density at radius 2 is 0.840 bits per heavy atom. The van der Waals surface area contributed by atoms with Gasteiger partial charge >= 0.3 is 0 Å². The molecule has 0 radical (unpaired) electrons. The molecule has 0 aromatic carbocycles. The molecule has 1 nitrogen and oxygen atoms in total. The van der Waals surface area contributed by atoms with Crippen LogP contribution < -0.4 is 0 Å². The number of thioether (sulfide) groups is 1. The molecule has 0 saturated carbocycles. The third-order valence-corrected chi connectivity index (χ3v) is 6.09. The van der Waals surface area contributed by atoms with E-state index in [1.165, 1.54) is 127 Å². The van der Waals surface area contributed by atoms with E-state index in [9.17, 15) is 0 Å². The number of hydrogen-bond acceptors (Lipinski definition) is 2. The Balaban J connectivity index is 3.54. The first-order valence-corrected chi connectivity index (χ1v) is 12.8. The zero-order valence-corrected chi connectivity index (χ0v) is 18.8. The summed E-state index contributed by atoms with van der Waals surface area (Å²) in [6.07, 6.45) is 23.0. The van der Waals surface area contributed by atoms with Crippen LogP contribution in [0.1, 0.15) is 124 Å². The first-order valence-electron chi connectivity index (χ1n) is 11.6. The molecule has 0 aliphatic heterocycles. The molecular formula is C23H49NS. The average molecular weight is 372 g/mol. The normalized spacial score (nSPS) is 11.5. The van der Waals surface area contributed by atoms with E-state index in [2.05, 4.69) is 37.4 Å². The Labute approximate surface area is 165 Å². The van der Waals surface area contributed by atoms with Crippen LogP contribution in [0, 0.1) is 0 Å². The molecule has 0 unspecified atom stereocenters. The summed E-state index contributed by atoms with van der Waals surface area (Å²) in [6, 6.07) is 0. The molecule has 0 heterocycles. The Kier molecular flexibility index (Phi) is 22.6. The number of rotatable bonds is 21. The third-order valence-electron chi connectivity index (χ3n) is 5.13. The third kappa shape index (κ3) is 20.5. The second-order valence-electron chi connectivity index (χ2n) is 7.69. The molecule has 25 heavy (non-hydrogen) atoms. The SMILES string of the molecule is CCCCCCCCCCN(CCCCCCCCCC)CSCC. The van der Waals surface area contributed by atoms with Gasteiger partial charge in [0.1, 0.15) is 0 Å². The van der Waals surface area contributed by atoms with E-state index in [0.717, 1.165) is 0 Å². The van der Waals surface area contributed by atoms with Gasteiger partial charge in [0, 0.05) is 5.88 Å². The fourth-order valence-corrected chi connectivity index (χ4v) is 4.10. The van der Waals surface area contributed by atoms with Crippen molar-refractivity contribution in [2.75, 3.05) is 24.7 Å². The van der Waals surface area contributed by atoms with Gasteiger partial charge in [0.2, 0.25) is 0 Å². The van der Waals surface area contributed by atoms with Crippen LogP contribution in [0.25, 0.3) is 0 Å². The zero-order chi connectivity index (χ0) is 18.4. The van der Waals surface area contributed by atoms with Crippen molar-refractivity contribution in [1.29, 1.82) is 0 Å². The van der Waals surface area contributed by atoms with Gasteiger partial charge in [-0.25, -0.2) is 0 Å². The average Bonchev–Trinajstić information content (AvgIpc) is 2.63. The minimum atomic E-state index is 1.25.